The van der Waals surface area contributed by atoms with Gasteiger partial charge in [-0.05, 0) is 46.3 Å². The van der Waals surface area contributed by atoms with E-state index < -0.39 is 4.92 Å². The number of hydrogen-bond acceptors (Lipinski definition) is 3. The third kappa shape index (κ3) is 3.43. The second-order valence-electron chi connectivity index (χ2n) is 3.89. The molecule has 0 aliphatic rings. The number of carbonyl (C=O) groups is 1. The van der Waals surface area contributed by atoms with Crippen LogP contribution in [0.4, 0.5) is 11.4 Å². The summed E-state index contributed by atoms with van der Waals surface area (Å²) >= 11 is 6.40. The van der Waals surface area contributed by atoms with E-state index in [1.807, 2.05) is 6.07 Å². The standard InChI is InChI=1S/C13H8Br2N2O3/c14-9-3-1-2-8(6-9)13(18)16-10-4-5-12(17(19)20)11(15)7-10/h1-7H,(H,16,18). The lowest BCUT2D eigenvalue weighted by molar-refractivity contribution is -0.385. The van der Waals surface area contributed by atoms with Crippen LogP contribution in [0.25, 0.3) is 0 Å². The molecule has 0 atom stereocenters. The Balaban J connectivity index is 2.20. The number of nitro benzene ring substituents is 1. The lowest BCUT2D eigenvalue weighted by Gasteiger charge is -2.06. The highest BCUT2D eigenvalue weighted by molar-refractivity contribution is 9.10. The smallest absolute Gasteiger partial charge is 0.283 e. The highest BCUT2D eigenvalue weighted by Crippen LogP contribution is 2.28. The van der Waals surface area contributed by atoms with Crippen molar-refractivity contribution < 1.29 is 9.72 Å². The van der Waals surface area contributed by atoms with Gasteiger partial charge in [-0.2, -0.15) is 0 Å². The minimum Gasteiger partial charge on any atom is -0.322 e. The van der Waals surface area contributed by atoms with Gasteiger partial charge in [0, 0.05) is 21.8 Å². The normalized spacial score (nSPS) is 10.1. The Morgan fingerprint density at radius 1 is 1.15 bits per heavy atom. The quantitative estimate of drug-likeness (QED) is 0.615. The van der Waals surface area contributed by atoms with Crippen molar-refractivity contribution in [2.75, 3.05) is 5.32 Å². The van der Waals surface area contributed by atoms with E-state index in [9.17, 15) is 14.9 Å². The SMILES string of the molecule is O=C(Nc1ccc([N+](=O)[O-])c(Br)c1)c1cccc(Br)c1. The maximum absolute atomic E-state index is 12.0. The molecule has 0 aromatic heterocycles. The number of rotatable bonds is 3. The van der Waals surface area contributed by atoms with Gasteiger partial charge in [0.25, 0.3) is 11.6 Å². The molecular weight excluding hydrogens is 392 g/mol. The van der Waals surface area contributed by atoms with Crippen molar-refractivity contribution in [2.45, 2.75) is 0 Å². The molecule has 5 nitrogen and oxygen atoms in total. The van der Waals surface area contributed by atoms with E-state index >= 15 is 0 Å². The number of benzene rings is 2. The third-order valence-electron chi connectivity index (χ3n) is 2.49. The van der Waals surface area contributed by atoms with Gasteiger partial charge in [-0.1, -0.05) is 22.0 Å². The van der Waals surface area contributed by atoms with E-state index in [1.54, 1.807) is 18.2 Å². The first-order valence-electron chi connectivity index (χ1n) is 5.48. The number of nitro groups is 1. The number of carbonyl (C=O) groups excluding carboxylic acids is 1. The number of nitrogens with zero attached hydrogens (tertiary/aromatic N) is 1. The van der Waals surface area contributed by atoms with Crippen molar-refractivity contribution in [2.24, 2.45) is 0 Å². The predicted octanol–water partition coefficient (Wildman–Crippen LogP) is 4.37. The number of halogens is 2. The Bertz CT molecular complexity index is 689. The number of amides is 1. The molecule has 0 aliphatic heterocycles. The van der Waals surface area contributed by atoms with Crippen molar-refractivity contribution >= 4 is 49.1 Å². The largest absolute Gasteiger partial charge is 0.322 e. The lowest BCUT2D eigenvalue weighted by atomic mass is 10.2. The molecule has 2 aromatic rings. The molecule has 0 fully saturated rings. The molecule has 0 heterocycles. The van der Waals surface area contributed by atoms with Gasteiger partial charge in [-0.15, -0.1) is 0 Å². The van der Waals surface area contributed by atoms with Gasteiger partial charge in [-0.3, -0.25) is 14.9 Å². The summed E-state index contributed by atoms with van der Waals surface area (Å²) in [5, 5.41) is 13.4. The van der Waals surface area contributed by atoms with Crippen LogP contribution in [0.3, 0.4) is 0 Å². The average molecular weight is 400 g/mol. The van der Waals surface area contributed by atoms with E-state index in [4.69, 9.17) is 0 Å². The van der Waals surface area contributed by atoms with Gasteiger partial charge in [0.15, 0.2) is 0 Å². The van der Waals surface area contributed by atoms with E-state index in [1.165, 1.54) is 18.2 Å². The van der Waals surface area contributed by atoms with Gasteiger partial charge >= 0.3 is 0 Å². The average Bonchev–Trinajstić information content (AvgIpc) is 2.38. The molecule has 0 radical (unpaired) electrons. The van der Waals surface area contributed by atoms with E-state index in [0.717, 1.165) is 4.47 Å². The fraction of sp³-hybridized carbons (Fsp3) is 0. The highest BCUT2D eigenvalue weighted by atomic mass is 79.9. The Labute approximate surface area is 131 Å². The minimum absolute atomic E-state index is 0.0505. The van der Waals surface area contributed by atoms with E-state index in [2.05, 4.69) is 37.2 Å². The maximum atomic E-state index is 12.0. The molecule has 2 rings (SSSR count). The van der Waals surface area contributed by atoms with Crippen LogP contribution in [-0.2, 0) is 0 Å². The fourth-order valence-corrected chi connectivity index (χ4v) is 2.49. The Hall–Kier alpha value is -1.73. The fourth-order valence-electron chi connectivity index (χ4n) is 1.57. The molecule has 0 spiro atoms. The van der Waals surface area contributed by atoms with Gasteiger partial charge in [-0.25, -0.2) is 0 Å². The molecule has 0 saturated heterocycles. The van der Waals surface area contributed by atoms with E-state index in [0.29, 0.717) is 15.7 Å². The molecule has 20 heavy (non-hydrogen) atoms. The monoisotopic (exact) mass is 398 g/mol. The van der Waals surface area contributed by atoms with Gasteiger partial charge < -0.3 is 5.32 Å². The molecular formula is C13H8Br2N2O3. The van der Waals surface area contributed by atoms with Crippen LogP contribution in [0.1, 0.15) is 10.4 Å². The molecule has 0 saturated carbocycles. The Morgan fingerprint density at radius 2 is 1.90 bits per heavy atom. The molecule has 0 unspecified atom stereocenters. The molecule has 0 bridgehead atoms. The first-order valence-corrected chi connectivity index (χ1v) is 7.07. The third-order valence-corrected chi connectivity index (χ3v) is 3.62. The van der Waals surface area contributed by atoms with Crippen LogP contribution >= 0.6 is 31.9 Å². The molecule has 102 valence electrons. The molecule has 1 N–H and O–H groups in total. The van der Waals surface area contributed by atoms with Crippen molar-refractivity contribution in [3.63, 3.8) is 0 Å². The van der Waals surface area contributed by atoms with Crippen LogP contribution < -0.4 is 5.32 Å². The van der Waals surface area contributed by atoms with E-state index in [-0.39, 0.29) is 11.6 Å². The summed E-state index contributed by atoms with van der Waals surface area (Å²) in [5.74, 6) is -0.285. The Morgan fingerprint density at radius 3 is 2.50 bits per heavy atom. The summed E-state index contributed by atoms with van der Waals surface area (Å²) in [4.78, 5) is 22.2. The molecule has 2 aromatic carbocycles. The van der Waals surface area contributed by atoms with Crippen LogP contribution in [0.5, 0.6) is 0 Å². The molecule has 1 amide bonds. The summed E-state index contributed by atoms with van der Waals surface area (Å²) in [6.45, 7) is 0. The van der Waals surface area contributed by atoms with Gasteiger partial charge in [0.2, 0.25) is 0 Å². The van der Waals surface area contributed by atoms with Crippen molar-refractivity contribution in [3.8, 4) is 0 Å². The second-order valence-corrected chi connectivity index (χ2v) is 5.66. The zero-order valence-corrected chi connectivity index (χ0v) is 13.1. The van der Waals surface area contributed by atoms with Crippen molar-refractivity contribution in [1.29, 1.82) is 0 Å². The number of anilines is 1. The van der Waals surface area contributed by atoms with Crippen molar-refractivity contribution in [1.82, 2.24) is 0 Å². The first kappa shape index (κ1) is 14.7. The highest BCUT2D eigenvalue weighted by Gasteiger charge is 2.13. The van der Waals surface area contributed by atoms with Crippen LogP contribution in [-0.4, -0.2) is 10.8 Å². The topological polar surface area (TPSA) is 72.2 Å². The van der Waals surface area contributed by atoms with Gasteiger partial charge in [0.1, 0.15) is 0 Å². The summed E-state index contributed by atoms with van der Waals surface area (Å²) in [6, 6.07) is 11.3. The zero-order chi connectivity index (χ0) is 14.7. The molecule has 0 aliphatic carbocycles. The summed E-state index contributed by atoms with van der Waals surface area (Å²) < 4.78 is 1.12. The predicted molar refractivity (Wildman–Crippen MR) is 82.9 cm³/mol. The van der Waals surface area contributed by atoms with Gasteiger partial charge in [0.05, 0.1) is 9.40 Å². The summed E-state index contributed by atoms with van der Waals surface area (Å²) in [7, 11) is 0. The van der Waals surface area contributed by atoms with Crippen LogP contribution in [0.15, 0.2) is 51.4 Å². The lowest BCUT2D eigenvalue weighted by Crippen LogP contribution is -2.11. The maximum Gasteiger partial charge on any atom is 0.283 e. The Kier molecular flexibility index (Phi) is 4.51. The van der Waals surface area contributed by atoms with Crippen LogP contribution in [0.2, 0.25) is 0 Å². The number of nitrogens with one attached hydrogen (secondary N) is 1. The summed E-state index contributed by atoms with van der Waals surface area (Å²) in [5.41, 5.74) is 0.923. The second kappa shape index (κ2) is 6.15. The summed E-state index contributed by atoms with van der Waals surface area (Å²) in [6.07, 6.45) is 0. The molecule has 7 heteroatoms. The number of hydrogen-bond donors (Lipinski definition) is 1. The first-order chi connectivity index (χ1) is 9.47. The van der Waals surface area contributed by atoms with Crippen molar-refractivity contribution in [3.05, 3.63) is 67.1 Å². The minimum atomic E-state index is -0.496. The zero-order valence-electron chi connectivity index (χ0n) is 9.97. The van der Waals surface area contributed by atoms with Crippen LogP contribution in [0, 0.1) is 10.1 Å².